The van der Waals surface area contributed by atoms with Crippen molar-refractivity contribution in [3.05, 3.63) is 0 Å². The summed E-state index contributed by atoms with van der Waals surface area (Å²) in [5.74, 6) is -5.99. The van der Waals surface area contributed by atoms with Gasteiger partial charge >= 0.3 is 5.97 Å². The van der Waals surface area contributed by atoms with Gasteiger partial charge in [-0.2, -0.15) is 0 Å². The second kappa shape index (κ2) is 9.47. The molecule has 2 unspecified atom stereocenters. The topological polar surface area (TPSA) is 49.3 Å². The second-order valence-electron chi connectivity index (χ2n) is 4.41. The van der Waals surface area contributed by atoms with Gasteiger partial charge in [0.2, 0.25) is 0 Å². The van der Waals surface area contributed by atoms with Gasteiger partial charge in [0.15, 0.2) is 0 Å². The van der Waals surface area contributed by atoms with E-state index in [1.54, 1.807) is 0 Å². The highest BCUT2D eigenvalue weighted by atomic mass is 32.2. The highest BCUT2D eigenvalue weighted by Gasteiger charge is 2.43. The van der Waals surface area contributed by atoms with E-state index >= 15 is 0 Å². The van der Waals surface area contributed by atoms with Gasteiger partial charge in [0, 0.05) is 18.2 Å². The van der Waals surface area contributed by atoms with Gasteiger partial charge in [0.25, 0.3) is 5.92 Å². The molecule has 0 saturated carbocycles. The van der Waals surface area contributed by atoms with Gasteiger partial charge in [0.05, 0.1) is 0 Å². The number of unbranched alkanes of at least 4 members (excludes halogenated alkanes) is 1. The van der Waals surface area contributed by atoms with E-state index in [-0.39, 0.29) is 0 Å². The Bertz CT molecular complexity index is 267. The van der Waals surface area contributed by atoms with Crippen molar-refractivity contribution in [1.29, 1.82) is 0 Å². The Morgan fingerprint density at radius 2 is 2.05 bits per heavy atom. The number of nitrogens with one attached hydrogen (secondary N) is 1. The van der Waals surface area contributed by atoms with Crippen molar-refractivity contribution in [2.75, 3.05) is 12.4 Å². The third-order valence-electron chi connectivity index (χ3n) is 2.84. The summed E-state index contributed by atoms with van der Waals surface area (Å²) in [5, 5.41) is 8.86. The molecule has 2 atom stereocenters. The van der Waals surface area contributed by atoms with Gasteiger partial charge in [0.1, 0.15) is 12.6 Å². The predicted octanol–water partition coefficient (Wildman–Crippen LogP) is 3.50. The van der Waals surface area contributed by atoms with Crippen LogP contribution in [0.15, 0.2) is 0 Å². The Labute approximate surface area is 116 Å². The number of alkyl halides is 3. The number of rotatable bonds is 11. The molecule has 0 rings (SSSR count). The van der Waals surface area contributed by atoms with E-state index < -0.39 is 43.4 Å². The first kappa shape index (κ1) is 18.6. The summed E-state index contributed by atoms with van der Waals surface area (Å²) in [4.78, 5) is 10.9. The lowest BCUT2D eigenvalue weighted by molar-refractivity contribution is -0.158. The zero-order valence-corrected chi connectivity index (χ0v) is 12.1. The minimum Gasteiger partial charge on any atom is -0.481 e. The van der Waals surface area contributed by atoms with Crippen molar-refractivity contribution in [3.8, 4) is 0 Å². The average Bonchev–Trinajstić information content (AvgIpc) is 2.37. The maximum atomic E-state index is 13.5. The molecule has 0 amide bonds. The number of hydrogen-bond donors (Lipinski definition) is 2. The van der Waals surface area contributed by atoms with Gasteiger partial charge in [-0.25, -0.2) is 13.2 Å². The van der Waals surface area contributed by atoms with Crippen LogP contribution < -0.4 is 4.72 Å². The molecule has 0 aliphatic rings. The fraction of sp³-hybridized carbons (Fsp3) is 0.917. The molecule has 3 nitrogen and oxygen atoms in total. The van der Waals surface area contributed by atoms with Gasteiger partial charge < -0.3 is 5.11 Å². The van der Waals surface area contributed by atoms with Crippen molar-refractivity contribution < 1.29 is 23.1 Å². The number of carboxylic acid groups (broad SMARTS) is 1. The van der Waals surface area contributed by atoms with Crippen molar-refractivity contribution in [2.45, 2.75) is 51.5 Å². The minimum atomic E-state index is -3.31. The van der Waals surface area contributed by atoms with Gasteiger partial charge in [-0.1, -0.05) is 32.2 Å². The largest absolute Gasteiger partial charge is 0.481 e. The fourth-order valence-electron chi connectivity index (χ4n) is 1.52. The maximum Gasteiger partial charge on any atom is 0.312 e. The number of hydrogen-bond acceptors (Lipinski definition) is 3. The number of carboxylic acids is 1. The Kier molecular flexibility index (Phi) is 9.26. The molecule has 0 saturated heterocycles. The molecular weight excluding hydrogens is 279 g/mol. The molecule has 0 aromatic heterocycles. The van der Waals surface area contributed by atoms with E-state index in [0.29, 0.717) is 0 Å². The highest BCUT2D eigenvalue weighted by molar-refractivity contribution is 7.97. The zero-order chi connectivity index (χ0) is 14.9. The SMILES string of the molecule is CCCCSNC(CF)CC(C(=O)O)C(F)(F)CC. The summed E-state index contributed by atoms with van der Waals surface area (Å²) in [6, 6.07) is -0.861. The molecule has 114 valence electrons. The number of aliphatic carboxylic acids is 1. The van der Waals surface area contributed by atoms with E-state index in [2.05, 4.69) is 4.72 Å². The summed E-state index contributed by atoms with van der Waals surface area (Å²) < 4.78 is 42.4. The molecule has 0 heterocycles. The van der Waals surface area contributed by atoms with Crippen molar-refractivity contribution in [2.24, 2.45) is 5.92 Å². The number of carbonyl (C=O) groups is 1. The Balaban J connectivity index is 4.41. The van der Waals surface area contributed by atoms with E-state index in [4.69, 9.17) is 5.11 Å². The first-order chi connectivity index (χ1) is 8.88. The van der Waals surface area contributed by atoms with Crippen LogP contribution >= 0.6 is 11.9 Å². The van der Waals surface area contributed by atoms with Crippen LogP contribution in [0.25, 0.3) is 0 Å². The van der Waals surface area contributed by atoms with Gasteiger partial charge in [-0.05, 0) is 12.8 Å². The normalized spacial score (nSPS) is 15.2. The first-order valence-corrected chi connectivity index (χ1v) is 7.41. The smallest absolute Gasteiger partial charge is 0.312 e. The van der Waals surface area contributed by atoms with Crippen molar-refractivity contribution in [1.82, 2.24) is 4.72 Å². The molecule has 0 spiro atoms. The van der Waals surface area contributed by atoms with Crippen LogP contribution in [-0.4, -0.2) is 35.5 Å². The Hall–Kier alpha value is -0.430. The van der Waals surface area contributed by atoms with Crippen LogP contribution in [-0.2, 0) is 4.79 Å². The molecule has 2 N–H and O–H groups in total. The van der Waals surface area contributed by atoms with Crippen LogP contribution in [0, 0.1) is 5.92 Å². The molecule has 0 fully saturated rings. The summed E-state index contributed by atoms with van der Waals surface area (Å²) in [7, 11) is 0. The maximum absolute atomic E-state index is 13.5. The number of halogens is 3. The molecule has 0 aliphatic carbocycles. The monoisotopic (exact) mass is 301 g/mol. The van der Waals surface area contributed by atoms with Crippen LogP contribution in [0.2, 0.25) is 0 Å². The first-order valence-electron chi connectivity index (χ1n) is 6.42. The third kappa shape index (κ3) is 7.06. The fourth-order valence-corrected chi connectivity index (χ4v) is 2.47. The zero-order valence-electron chi connectivity index (χ0n) is 11.3. The van der Waals surface area contributed by atoms with Gasteiger partial charge in [-0.15, -0.1) is 0 Å². The molecular formula is C12H22F3NO2S. The Morgan fingerprint density at radius 3 is 2.47 bits per heavy atom. The van der Waals surface area contributed by atoms with Crippen LogP contribution in [0.1, 0.15) is 39.5 Å². The lowest BCUT2D eigenvalue weighted by Crippen LogP contribution is -2.40. The summed E-state index contributed by atoms with van der Waals surface area (Å²) in [6.45, 7) is 2.38. The summed E-state index contributed by atoms with van der Waals surface area (Å²) in [6.07, 6.45) is 0.947. The molecule has 0 aliphatic heterocycles. The lowest BCUT2D eigenvalue weighted by atomic mass is 9.92. The van der Waals surface area contributed by atoms with Crippen LogP contribution in [0.3, 0.4) is 0 Å². The highest BCUT2D eigenvalue weighted by Crippen LogP contribution is 2.32. The quantitative estimate of drug-likeness (QED) is 0.453. The van der Waals surface area contributed by atoms with Gasteiger partial charge in [-0.3, -0.25) is 9.52 Å². The molecule has 0 bridgehead atoms. The Morgan fingerprint density at radius 1 is 1.42 bits per heavy atom. The molecule has 7 heteroatoms. The van der Waals surface area contributed by atoms with E-state index in [9.17, 15) is 18.0 Å². The lowest BCUT2D eigenvalue weighted by Gasteiger charge is -2.25. The average molecular weight is 301 g/mol. The van der Waals surface area contributed by atoms with Crippen LogP contribution in [0.5, 0.6) is 0 Å². The summed E-state index contributed by atoms with van der Waals surface area (Å²) in [5.41, 5.74) is 0. The molecule has 19 heavy (non-hydrogen) atoms. The van der Waals surface area contributed by atoms with Crippen molar-refractivity contribution in [3.63, 3.8) is 0 Å². The predicted molar refractivity (Wildman–Crippen MR) is 71.2 cm³/mol. The third-order valence-corrected chi connectivity index (χ3v) is 3.83. The minimum absolute atomic E-state index is 0.411. The standard InChI is InChI=1S/C12H22F3NO2S/c1-3-5-6-19-16-9(8-13)7-10(11(17)18)12(14,15)4-2/h9-10,16H,3-8H2,1-2H3,(H,17,18). The van der Waals surface area contributed by atoms with Crippen molar-refractivity contribution >= 4 is 17.9 Å². The molecule has 0 aromatic carbocycles. The molecule has 0 aromatic rings. The molecule has 0 radical (unpaired) electrons. The van der Waals surface area contributed by atoms with E-state index in [1.807, 2.05) is 6.92 Å². The van der Waals surface area contributed by atoms with E-state index in [1.165, 1.54) is 18.9 Å². The van der Waals surface area contributed by atoms with Crippen LogP contribution in [0.4, 0.5) is 13.2 Å². The second-order valence-corrected chi connectivity index (χ2v) is 5.34. The summed E-state index contributed by atoms with van der Waals surface area (Å²) >= 11 is 1.25. The van der Waals surface area contributed by atoms with E-state index in [0.717, 1.165) is 18.6 Å².